The Kier molecular flexibility index (Phi) is 13.0. The van der Waals surface area contributed by atoms with Crippen molar-refractivity contribution in [1.82, 2.24) is 0 Å². The molecule has 0 aromatic heterocycles. The summed E-state index contributed by atoms with van der Waals surface area (Å²) < 4.78 is 0.113. The Balaban J connectivity index is 1.39. The minimum atomic E-state index is -5.07. The molecule has 2 unspecified atom stereocenters. The van der Waals surface area contributed by atoms with Gasteiger partial charge in [0.2, 0.25) is 0 Å². The van der Waals surface area contributed by atoms with Crippen LogP contribution >= 0.6 is 17.0 Å². The van der Waals surface area contributed by atoms with Crippen LogP contribution < -0.4 is 0 Å². The van der Waals surface area contributed by atoms with Crippen molar-refractivity contribution < 1.29 is 15.6 Å². The van der Waals surface area contributed by atoms with Crippen LogP contribution in [0.4, 0.5) is 0 Å². The Morgan fingerprint density at radius 1 is 0.433 bits per heavy atom. The second kappa shape index (κ2) is 18.1. The predicted octanol–water partition coefficient (Wildman–Crippen LogP) is 17.4. The molecule has 0 aliphatic heterocycles. The van der Waals surface area contributed by atoms with Gasteiger partial charge in [-0.15, -0.1) is 0 Å². The Labute approximate surface area is 369 Å². The number of allylic oxidation sites excluding steroid dienone is 2. The summed E-state index contributed by atoms with van der Waals surface area (Å²) in [4.78, 5) is 0. The van der Waals surface area contributed by atoms with Crippen molar-refractivity contribution in [2.24, 2.45) is 0 Å². The molecule has 0 saturated heterocycles. The van der Waals surface area contributed by atoms with Gasteiger partial charge in [0.05, 0.1) is 0 Å². The summed E-state index contributed by atoms with van der Waals surface area (Å²) in [6.07, 6.45) is 13.5. The van der Waals surface area contributed by atoms with Crippen LogP contribution in [0.2, 0.25) is 13.1 Å². The number of rotatable bonds is 15. The molecule has 60 heavy (non-hydrogen) atoms. The van der Waals surface area contributed by atoms with Crippen molar-refractivity contribution in [3.05, 3.63) is 178 Å². The first kappa shape index (κ1) is 43.1. The van der Waals surface area contributed by atoms with E-state index in [0.717, 1.165) is 51.4 Å². The van der Waals surface area contributed by atoms with E-state index < -0.39 is 21.5 Å². The molecule has 2 atom stereocenters. The molecular formula is C56H61Cl2SiZr. The zero-order chi connectivity index (χ0) is 42.0. The summed E-state index contributed by atoms with van der Waals surface area (Å²) >= 11 is -5.07. The molecule has 2 aliphatic rings. The Bertz CT molecular complexity index is 2390. The topological polar surface area (TPSA) is 0 Å². The first-order valence-electron chi connectivity index (χ1n) is 22.7. The van der Waals surface area contributed by atoms with Gasteiger partial charge in [-0.1, -0.05) is 0 Å². The molecule has 2 aliphatic carbocycles. The third-order valence-corrected chi connectivity index (χ3v) is 65.5. The van der Waals surface area contributed by atoms with Crippen LogP contribution in [0, 0.1) is 0 Å². The zero-order valence-electron chi connectivity index (χ0n) is 36.5. The van der Waals surface area contributed by atoms with E-state index >= 15 is 0 Å². The molecule has 0 bridgehead atoms. The predicted molar refractivity (Wildman–Crippen MR) is 264 cm³/mol. The molecule has 0 fully saturated rings. The van der Waals surface area contributed by atoms with Crippen LogP contribution in [0.3, 0.4) is 0 Å². The van der Waals surface area contributed by atoms with E-state index in [-0.39, 0.29) is 7.25 Å². The normalized spacial score (nSPS) is 16.6. The second-order valence-corrected chi connectivity index (χ2v) is 60.2. The summed E-state index contributed by atoms with van der Waals surface area (Å²) in [5.41, 5.74) is 21.7. The number of aryl methyl sites for hydroxylation is 2. The van der Waals surface area contributed by atoms with Crippen molar-refractivity contribution in [1.29, 1.82) is 0 Å². The molecule has 0 radical (unpaired) electrons. The van der Waals surface area contributed by atoms with E-state index in [1.165, 1.54) is 89.0 Å². The van der Waals surface area contributed by atoms with Crippen LogP contribution in [-0.2, 0) is 28.4 Å². The summed E-state index contributed by atoms with van der Waals surface area (Å²) in [7, 11) is 18.1. The van der Waals surface area contributed by atoms with E-state index in [0.29, 0.717) is 0 Å². The standard InChI is InChI=1S/2C27H27.C2H7Si.2ClH.Zr/c2*1-3-10-20-18-23-17-16-22(11-4-2)27(26(23)19-20)25-15-9-8-14-24(25)21-12-6-5-7-13-21;1-3-2;;;/h2*5-9,12-19H,3-4,10-11H2,1-2H3;3H,1-2H3;2*1H;/q;;;;;+2/p-2. The van der Waals surface area contributed by atoms with Gasteiger partial charge in [-0.25, -0.2) is 0 Å². The maximum atomic E-state index is 9.07. The average molecular weight is 924 g/mol. The number of hydrogen-bond donors (Lipinski definition) is 0. The van der Waals surface area contributed by atoms with Gasteiger partial charge in [-0.2, -0.15) is 0 Å². The van der Waals surface area contributed by atoms with Crippen LogP contribution in [0.1, 0.15) is 107 Å². The molecule has 307 valence electrons. The van der Waals surface area contributed by atoms with Gasteiger partial charge < -0.3 is 0 Å². The fourth-order valence-corrected chi connectivity index (χ4v) is 42.5. The monoisotopic (exact) mass is 921 g/mol. The van der Waals surface area contributed by atoms with Crippen molar-refractivity contribution in [3.8, 4) is 44.5 Å². The van der Waals surface area contributed by atoms with Crippen molar-refractivity contribution in [3.63, 3.8) is 0 Å². The summed E-state index contributed by atoms with van der Waals surface area (Å²) in [6.45, 7) is 14.3. The number of halogens is 2. The number of benzene rings is 6. The molecule has 0 N–H and O–H groups in total. The van der Waals surface area contributed by atoms with E-state index in [4.69, 9.17) is 17.0 Å². The van der Waals surface area contributed by atoms with Gasteiger partial charge in [-0.3, -0.25) is 0 Å². The number of fused-ring (bicyclic) bond motifs is 2. The molecule has 6 aromatic rings. The fraction of sp³-hybridized carbons (Fsp3) is 0.286. The van der Waals surface area contributed by atoms with E-state index in [9.17, 15) is 0 Å². The SMILES string of the molecule is CCCC1=Cc2c(ccc(CCC)c2-c2ccccc2-c2ccccc2)[CH]1[Zr]([Cl])([Cl])([CH]1C(CCC)=Cc2c1ccc(CCC)c2-c1ccccc1-c1ccccc1)[SiH](C)C. The molecule has 0 saturated carbocycles. The molecule has 6 aromatic carbocycles. The number of hydrogen-bond acceptors (Lipinski definition) is 0. The third kappa shape index (κ3) is 7.46. The van der Waals surface area contributed by atoms with Gasteiger partial charge in [-0.05, 0) is 0 Å². The van der Waals surface area contributed by atoms with Gasteiger partial charge in [0.25, 0.3) is 0 Å². The van der Waals surface area contributed by atoms with E-state index in [1.54, 1.807) is 0 Å². The maximum absolute atomic E-state index is 9.07. The van der Waals surface area contributed by atoms with Gasteiger partial charge in [0.15, 0.2) is 0 Å². The Morgan fingerprint density at radius 3 is 1.13 bits per heavy atom. The van der Waals surface area contributed by atoms with Crippen LogP contribution in [0.25, 0.3) is 56.7 Å². The van der Waals surface area contributed by atoms with Crippen molar-refractivity contribution in [2.75, 3.05) is 0 Å². The second-order valence-electron chi connectivity index (χ2n) is 17.7. The molecule has 0 nitrogen and oxygen atoms in total. The summed E-state index contributed by atoms with van der Waals surface area (Å²) in [6, 6.07) is 49.8. The fourth-order valence-electron chi connectivity index (χ4n) is 11.0. The molecule has 0 spiro atoms. The van der Waals surface area contributed by atoms with E-state index in [1.807, 2.05) is 0 Å². The summed E-state index contributed by atoms with van der Waals surface area (Å²) in [5.74, 6) is -1.76. The zero-order valence-corrected chi connectivity index (χ0v) is 41.6. The van der Waals surface area contributed by atoms with E-state index in [2.05, 4.69) is 186 Å². The van der Waals surface area contributed by atoms with Gasteiger partial charge in [0, 0.05) is 0 Å². The molecule has 8 rings (SSSR count). The first-order valence-corrected chi connectivity index (χ1v) is 39.1. The van der Waals surface area contributed by atoms with Crippen LogP contribution in [0.15, 0.2) is 145 Å². The molecular weight excluding hydrogens is 863 g/mol. The van der Waals surface area contributed by atoms with Crippen LogP contribution in [0.5, 0.6) is 0 Å². The quantitative estimate of drug-likeness (QED) is 0.0901. The molecule has 0 heterocycles. The van der Waals surface area contributed by atoms with Gasteiger partial charge >= 0.3 is 373 Å². The Morgan fingerprint density at radius 2 is 0.783 bits per heavy atom. The third-order valence-electron chi connectivity index (χ3n) is 13.6. The van der Waals surface area contributed by atoms with Crippen molar-refractivity contribution in [2.45, 2.75) is 99.4 Å². The summed E-state index contributed by atoms with van der Waals surface area (Å²) in [5, 5.41) is 0. The van der Waals surface area contributed by atoms with Crippen LogP contribution in [-0.4, -0.2) is 5.92 Å². The Hall–Kier alpha value is -3.52. The average Bonchev–Trinajstić information content (AvgIpc) is 3.84. The van der Waals surface area contributed by atoms with Gasteiger partial charge in [0.1, 0.15) is 0 Å². The minimum absolute atomic E-state index is 0.0567. The first-order chi connectivity index (χ1) is 29.2. The molecule has 0 amide bonds. The van der Waals surface area contributed by atoms with Crippen molar-refractivity contribution >= 4 is 35.1 Å². The molecule has 4 heteroatoms.